The van der Waals surface area contributed by atoms with Gasteiger partial charge >= 0.3 is 0 Å². The van der Waals surface area contributed by atoms with E-state index in [1.54, 1.807) is 7.11 Å². The third kappa shape index (κ3) is 6.55. The summed E-state index contributed by atoms with van der Waals surface area (Å²) in [7, 11) is 1.80. The Bertz CT molecular complexity index is 404. The first kappa shape index (κ1) is 18.3. The van der Waals surface area contributed by atoms with E-state index in [2.05, 4.69) is 31.2 Å². The predicted molar refractivity (Wildman–Crippen MR) is 97.3 cm³/mol. The number of methoxy groups -OCH3 is 1. The zero-order chi connectivity index (χ0) is 16.3. The van der Waals surface area contributed by atoms with E-state index in [1.165, 1.54) is 63.4 Å². The van der Waals surface area contributed by atoms with E-state index in [0.29, 0.717) is 0 Å². The molecule has 130 valence electrons. The van der Waals surface area contributed by atoms with E-state index in [4.69, 9.17) is 9.47 Å². The van der Waals surface area contributed by atoms with E-state index < -0.39 is 0 Å². The standard InChI is InChI=1S/C21H34O2/c1-3-4-5-6-16-23-21-13-11-20(12-14-21)19-9-7-18(8-10-19)15-17-22-2/h11-14,18-19H,3-10,15-17H2,1-2H3. The third-order valence-electron chi connectivity index (χ3n) is 5.20. The minimum absolute atomic E-state index is 0.743. The van der Waals surface area contributed by atoms with Crippen LogP contribution in [0.5, 0.6) is 5.75 Å². The Morgan fingerprint density at radius 3 is 2.30 bits per heavy atom. The zero-order valence-electron chi connectivity index (χ0n) is 15.1. The largest absolute Gasteiger partial charge is 0.494 e. The van der Waals surface area contributed by atoms with Gasteiger partial charge in [0.2, 0.25) is 0 Å². The van der Waals surface area contributed by atoms with E-state index in [1.807, 2.05) is 0 Å². The highest BCUT2D eigenvalue weighted by molar-refractivity contribution is 5.29. The van der Waals surface area contributed by atoms with Gasteiger partial charge in [-0.15, -0.1) is 0 Å². The van der Waals surface area contributed by atoms with Crippen LogP contribution in [-0.2, 0) is 4.74 Å². The van der Waals surface area contributed by atoms with E-state index >= 15 is 0 Å². The molecule has 1 fully saturated rings. The highest BCUT2D eigenvalue weighted by Gasteiger charge is 2.22. The second-order valence-corrected chi connectivity index (χ2v) is 6.98. The zero-order valence-corrected chi connectivity index (χ0v) is 15.1. The number of hydrogen-bond donors (Lipinski definition) is 0. The minimum Gasteiger partial charge on any atom is -0.494 e. The van der Waals surface area contributed by atoms with Crippen LogP contribution in [0, 0.1) is 5.92 Å². The van der Waals surface area contributed by atoms with Gasteiger partial charge < -0.3 is 9.47 Å². The molecular formula is C21H34O2. The van der Waals surface area contributed by atoms with Gasteiger partial charge in [0, 0.05) is 13.7 Å². The molecule has 2 rings (SSSR count). The summed E-state index contributed by atoms with van der Waals surface area (Å²) in [4.78, 5) is 0. The first-order valence-electron chi connectivity index (χ1n) is 9.55. The molecule has 0 unspecified atom stereocenters. The van der Waals surface area contributed by atoms with Crippen molar-refractivity contribution in [1.82, 2.24) is 0 Å². The highest BCUT2D eigenvalue weighted by atomic mass is 16.5. The summed E-state index contributed by atoms with van der Waals surface area (Å²) in [5, 5.41) is 0. The van der Waals surface area contributed by atoms with Crippen molar-refractivity contribution < 1.29 is 9.47 Å². The average molecular weight is 319 g/mol. The van der Waals surface area contributed by atoms with Gasteiger partial charge in [0.05, 0.1) is 6.61 Å². The SMILES string of the molecule is CCCCCCOc1ccc(C2CCC(CCOC)CC2)cc1. The minimum atomic E-state index is 0.743. The van der Waals surface area contributed by atoms with Crippen molar-refractivity contribution in [3.8, 4) is 5.75 Å². The lowest BCUT2D eigenvalue weighted by atomic mass is 9.78. The smallest absolute Gasteiger partial charge is 0.119 e. The molecule has 2 heteroatoms. The predicted octanol–water partition coefficient (Wildman–Crippen LogP) is 5.96. The van der Waals surface area contributed by atoms with Crippen LogP contribution < -0.4 is 4.74 Å². The number of hydrogen-bond acceptors (Lipinski definition) is 2. The molecule has 1 aromatic rings. The van der Waals surface area contributed by atoms with Crippen LogP contribution in [-0.4, -0.2) is 20.3 Å². The monoisotopic (exact) mass is 318 g/mol. The summed E-state index contributed by atoms with van der Waals surface area (Å²) in [6.45, 7) is 4.01. The molecule has 0 bridgehead atoms. The molecular weight excluding hydrogens is 284 g/mol. The molecule has 0 atom stereocenters. The van der Waals surface area contributed by atoms with E-state index in [9.17, 15) is 0 Å². The van der Waals surface area contributed by atoms with Crippen molar-refractivity contribution in [1.29, 1.82) is 0 Å². The quantitative estimate of drug-likeness (QED) is 0.496. The Labute approximate surface area is 142 Å². The molecule has 1 aromatic carbocycles. The molecule has 0 amide bonds. The molecule has 1 aliphatic rings. The average Bonchev–Trinajstić information content (AvgIpc) is 2.61. The normalized spacial score (nSPS) is 21.3. The maximum atomic E-state index is 5.84. The van der Waals surface area contributed by atoms with Crippen LogP contribution in [0.2, 0.25) is 0 Å². The first-order valence-corrected chi connectivity index (χ1v) is 9.55. The van der Waals surface area contributed by atoms with Gasteiger partial charge in [-0.1, -0.05) is 38.3 Å². The topological polar surface area (TPSA) is 18.5 Å². The van der Waals surface area contributed by atoms with Gasteiger partial charge in [-0.25, -0.2) is 0 Å². The van der Waals surface area contributed by atoms with Crippen LogP contribution in [0.4, 0.5) is 0 Å². The summed E-state index contributed by atoms with van der Waals surface area (Å²) in [5.74, 6) is 2.64. The number of ether oxygens (including phenoxy) is 2. The van der Waals surface area contributed by atoms with Crippen molar-refractivity contribution in [2.24, 2.45) is 5.92 Å². The van der Waals surface area contributed by atoms with Gasteiger partial charge in [0.1, 0.15) is 5.75 Å². The lowest BCUT2D eigenvalue weighted by Gasteiger charge is -2.28. The molecule has 1 aliphatic carbocycles. The second-order valence-electron chi connectivity index (χ2n) is 6.98. The Morgan fingerprint density at radius 2 is 1.65 bits per heavy atom. The molecule has 0 aliphatic heterocycles. The van der Waals surface area contributed by atoms with Crippen molar-refractivity contribution in [3.05, 3.63) is 29.8 Å². The summed E-state index contributed by atoms with van der Waals surface area (Å²) >= 11 is 0. The van der Waals surface area contributed by atoms with Gasteiger partial charge in [-0.2, -0.15) is 0 Å². The maximum absolute atomic E-state index is 5.84. The molecule has 1 saturated carbocycles. The molecule has 0 spiro atoms. The fourth-order valence-electron chi connectivity index (χ4n) is 3.62. The van der Waals surface area contributed by atoms with Crippen molar-refractivity contribution in [2.75, 3.05) is 20.3 Å². The van der Waals surface area contributed by atoms with Crippen LogP contribution in [0.1, 0.15) is 76.2 Å². The second kappa shape index (κ2) is 10.7. The Balaban J connectivity index is 1.70. The maximum Gasteiger partial charge on any atom is 0.119 e. The first-order chi connectivity index (χ1) is 11.3. The fourth-order valence-corrected chi connectivity index (χ4v) is 3.62. The molecule has 0 aromatic heterocycles. The number of benzene rings is 1. The van der Waals surface area contributed by atoms with E-state index in [0.717, 1.165) is 30.8 Å². The third-order valence-corrected chi connectivity index (χ3v) is 5.20. The van der Waals surface area contributed by atoms with Gasteiger partial charge in [-0.3, -0.25) is 0 Å². The van der Waals surface area contributed by atoms with Crippen molar-refractivity contribution >= 4 is 0 Å². The molecule has 0 saturated heterocycles. The fraction of sp³-hybridized carbons (Fsp3) is 0.714. The van der Waals surface area contributed by atoms with Crippen LogP contribution in [0.15, 0.2) is 24.3 Å². The lowest BCUT2D eigenvalue weighted by molar-refractivity contribution is 0.163. The molecule has 23 heavy (non-hydrogen) atoms. The summed E-state index contributed by atoms with van der Waals surface area (Å²) in [5.41, 5.74) is 1.49. The van der Waals surface area contributed by atoms with Crippen molar-refractivity contribution in [3.63, 3.8) is 0 Å². The Morgan fingerprint density at radius 1 is 0.913 bits per heavy atom. The Hall–Kier alpha value is -1.02. The molecule has 0 radical (unpaired) electrons. The van der Waals surface area contributed by atoms with Crippen LogP contribution >= 0.6 is 0 Å². The van der Waals surface area contributed by atoms with Crippen molar-refractivity contribution in [2.45, 2.75) is 70.6 Å². The summed E-state index contributed by atoms with van der Waals surface area (Å²) in [6, 6.07) is 8.88. The van der Waals surface area contributed by atoms with Crippen LogP contribution in [0.25, 0.3) is 0 Å². The van der Waals surface area contributed by atoms with E-state index in [-0.39, 0.29) is 0 Å². The molecule has 0 N–H and O–H groups in total. The summed E-state index contributed by atoms with van der Waals surface area (Å²) < 4.78 is 11.1. The lowest BCUT2D eigenvalue weighted by Crippen LogP contribution is -2.14. The van der Waals surface area contributed by atoms with Gasteiger partial charge in [0.25, 0.3) is 0 Å². The summed E-state index contributed by atoms with van der Waals surface area (Å²) in [6.07, 6.45) is 11.6. The highest BCUT2D eigenvalue weighted by Crippen LogP contribution is 2.37. The Kier molecular flexibility index (Phi) is 8.52. The molecule has 0 heterocycles. The number of rotatable bonds is 10. The van der Waals surface area contributed by atoms with Crippen LogP contribution in [0.3, 0.4) is 0 Å². The van der Waals surface area contributed by atoms with Gasteiger partial charge in [-0.05, 0) is 68.1 Å². The number of unbranched alkanes of at least 4 members (excludes halogenated alkanes) is 3. The van der Waals surface area contributed by atoms with Gasteiger partial charge in [0.15, 0.2) is 0 Å². The molecule has 2 nitrogen and oxygen atoms in total.